The molecule has 0 heterocycles. The molecule has 84 valence electrons. The minimum atomic E-state index is -4.79. The van der Waals surface area contributed by atoms with E-state index in [1.54, 1.807) is 0 Å². The molecule has 9 N–H and O–H groups in total. The number of hydrogen-bond donors (Lipinski definition) is 3. The van der Waals surface area contributed by atoms with Crippen LogP contribution in [0.15, 0.2) is 0 Å². The number of rotatable bonds is 2. The highest BCUT2D eigenvalue weighted by Crippen LogP contribution is 2.36. The predicted molar refractivity (Wildman–Crippen MR) is 40.7 cm³/mol. The van der Waals surface area contributed by atoms with Crippen LogP contribution in [0.4, 0.5) is 0 Å². The highest BCUT2D eigenvalue weighted by Gasteiger charge is 2.23. The van der Waals surface area contributed by atoms with E-state index in [9.17, 15) is 9.36 Å². The maximum absolute atomic E-state index is 10.2. The van der Waals surface area contributed by atoms with E-state index in [1.165, 1.54) is 0 Å². The number of carbonyl (C=O) groups is 1. The summed E-state index contributed by atoms with van der Waals surface area (Å²) >= 11 is 0. The third kappa shape index (κ3) is 14.3. The topological polar surface area (TPSA) is 199 Å². The van der Waals surface area contributed by atoms with E-state index in [-0.39, 0.29) is 16.4 Å². The number of carbonyl (C=O) groups excluding carboxylic acids is 1. The molecule has 0 amide bonds. The molecule has 0 saturated heterocycles. The molecule has 0 fully saturated rings. The standard InChI is InChI=1S/C3H7O6P.3H2O/c1-2(4)3(5)9-10(6,7)8;;;/h2,4H,1H3,(H2,6,7,8);3*1H2. The molecule has 1 atom stereocenters. The van der Waals surface area contributed by atoms with Crippen LogP contribution in [0.3, 0.4) is 0 Å². The van der Waals surface area contributed by atoms with E-state index in [1.807, 2.05) is 0 Å². The zero-order chi connectivity index (χ0) is 8.36. The average Bonchev–Trinajstić information content (AvgIpc) is 1.60. The second-order valence-corrected chi connectivity index (χ2v) is 2.74. The quantitative estimate of drug-likeness (QED) is 0.406. The Labute approximate surface area is 73.1 Å². The number of phosphoric ester groups is 1. The summed E-state index contributed by atoms with van der Waals surface area (Å²) in [6.45, 7) is 1.04. The van der Waals surface area contributed by atoms with Crippen molar-refractivity contribution < 1.29 is 45.2 Å². The number of phosphoric acid groups is 1. The maximum atomic E-state index is 10.2. The summed E-state index contributed by atoms with van der Waals surface area (Å²) in [5, 5.41) is 8.37. The van der Waals surface area contributed by atoms with Gasteiger partial charge >= 0.3 is 13.8 Å². The van der Waals surface area contributed by atoms with Gasteiger partial charge in [0.1, 0.15) is 6.10 Å². The number of aliphatic hydroxyl groups is 1. The van der Waals surface area contributed by atoms with Gasteiger partial charge < -0.3 is 26.1 Å². The Bertz CT molecular complexity index is 170. The molecule has 0 aliphatic heterocycles. The summed E-state index contributed by atoms with van der Waals surface area (Å²) in [4.78, 5) is 26.2. The largest absolute Gasteiger partial charge is 0.527 e. The summed E-state index contributed by atoms with van der Waals surface area (Å²) in [5.41, 5.74) is 0. The molecule has 0 aromatic rings. The Hall–Kier alpha value is -0.540. The SMILES string of the molecule is CC(O)C(=O)OP(=O)(O)O.O.O.O. The number of hydrogen-bond acceptors (Lipinski definition) is 4. The van der Waals surface area contributed by atoms with Crippen molar-refractivity contribution in [1.29, 1.82) is 0 Å². The molecule has 0 aliphatic carbocycles. The Kier molecular flexibility index (Phi) is 14.2. The molecule has 0 radical (unpaired) electrons. The van der Waals surface area contributed by atoms with Crippen molar-refractivity contribution in [1.82, 2.24) is 0 Å². The first-order valence-electron chi connectivity index (χ1n) is 2.30. The highest BCUT2D eigenvalue weighted by atomic mass is 31.2. The Balaban J connectivity index is -0.000000135. The third-order valence-electron chi connectivity index (χ3n) is 0.550. The van der Waals surface area contributed by atoms with Gasteiger partial charge in [-0.25, -0.2) is 9.36 Å². The molecule has 1 unspecified atom stereocenters. The van der Waals surface area contributed by atoms with Crippen LogP contribution in [0.2, 0.25) is 0 Å². The van der Waals surface area contributed by atoms with Crippen molar-refractivity contribution in [3.63, 3.8) is 0 Å². The van der Waals surface area contributed by atoms with Gasteiger partial charge in [0.15, 0.2) is 0 Å². The summed E-state index contributed by atoms with van der Waals surface area (Å²) in [7, 11) is -4.79. The molecule has 0 rings (SSSR count). The second kappa shape index (κ2) is 8.08. The van der Waals surface area contributed by atoms with E-state index in [2.05, 4.69) is 4.52 Å². The van der Waals surface area contributed by atoms with Gasteiger partial charge in [-0.2, -0.15) is 0 Å². The highest BCUT2D eigenvalue weighted by molar-refractivity contribution is 7.46. The minimum Gasteiger partial charge on any atom is -0.412 e. The van der Waals surface area contributed by atoms with Gasteiger partial charge in [0.05, 0.1) is 0 Å². The molecular weight excluding hydrogens is 211 g/mol. The predicted octanol–water partition coefficient (Wildman–Crippen LogP) is -3.47. The summed E-state index contributed by atoms with van der Waals surface area (Å²) in [6, 6.07) is 0. The first-order chi connectivity index (χ1) is 4.33. The molecule has 9 nitrogen and oxygen atoms in total. The van der Waals surface area contributed by atoms with Gasteiger partial charge in [-0.05, 0) is 6.92 Å². The van der Waals surface area contributed by atoms with Gasteiger partial charge in [0, 0.05) is 0 Å². The zero-order valence-corrected chi connectivity index (χ0v) is 7.49. The van der Waals surface area contributed by atoms with Crippen LogP contribution in [0.5, 0.6) is 0 Å². The fourth-order valence-electron chi connectivity index (χ4n) is 0.193. The Morgan fingerprint density at radius 2 is 1.62 bits per heavy atom. The maximum Gasteiger partial charge on any atom is 0.527 e. The Morgan fingerprint density at radius 1 is 1.31 bits per heavy atom. The van der Waals surface area contributed by atoms with Gasteiger partial charge in [-0.1, -0.05) is 0 Å². The first kappa shape index (κ1) is 22.9. The third-order valence-corrected chi connectivity index (χ3v) is 0.968. The van der Waals surface area contributed by atoms with Crippen molar-refractivity contribution in [2.45, 2.75) is 13.0 Å². The van der Waals surface area contributed by atoms with E-state index in [0.717, 1.165) is 6.92 Å². The fourth-order valence-corrected chi connectivity index (χ4v) is 0.580. The molecular formula is C3H13O9P. The molecule has 0 aromatic heterocycles. The summed E-state index contributed by atoms with van der Waals surface area (Å²) in [6.07, 6.45) is -1.52. The smallest absolute Gasteiger partial charge is 0.412 e. The van der Waals surface area contributed by atoms with Crippen LogP contribution in [-0.2, 0) is 13.9 Å². The zero-order valence-electron chi connectivity index (χ0n) is 6.59. The van der Waals surface area contributed by atoms with Crippen LogP contribution in [0.1, 0.15) is 6.92 Å². The van der Waals surface area contributed by atoms with E-state index >= 15 is 0 Å². The van der Waals surface area contributed by atoms with Crippen molar-refractivity contribution in [3.8, 4) is 0 Å². The molecule has 10 heteroatoms. The lowest BCUT2D eigenvalue weighted by Crippen LogP contribution is -2.17. The lowest BCUT2D eigenvalue weighted by Gasteiger charge is -2.05. The molecule has 0 spiro atoms. The van der Waals surface area contributed by atoms with Gasteiger partial charge in [-0.3, -0.25) is 9.79 Å². The van der Waals surface area contributed by atoms with Crippen LogP contribution in [0, 0.1) is 0 Å². The lowest BCUT2D eigenvalue weighted by molar-refractivity contribution is -0.144. The lowest BCUT2D eigenvalue weighted by atomic mass is 10.4. The first-order valence-corrected chi connectivity index (χ1v) is 3.83. The van der Waals surface area contributed by atoms with Crippen LogP contribution in [-0.4, -0.2) is 43.4 Å². The monoisotopic (exact) mass is 224 g/mol. The summed E-state index contributed by atoms with van der Waals surface area (Å²) < 4.78 is 13.4. The van der Waals surface area contributed by atoms with E-state index in [0.29, 0.717) is 0 Å². The molecule has 0 aliphatic rings. The summed E-state index contributed by atoms with van der Waals surface area (Å²) in [5.74, 6) is -1.34. The molecule has 0 bridgehead atoms. The van der Waals surface area contributed by atoms with Crippen LogP contribution < -0.4 is 0 Å². The molecule has 13 heavy (non-hydrogen) atoms. The average molecular weight is 224 g/mol. The minimum absolute atomic E-state index is 0. The Morgan fingerprint density at radius 3 is 1.69 bits per heavy atom. The van der Waals surface area contributed by atoms with Crippen molar-refractivity contribution in [3.05, 3.63) is 0 Å². The molecule has 0 aromatic carbocycles. The molecule has 0 saturated carbocycles. The van der Waals surface area contributed by atoms with Crippen molar-refractivity contribution >= 4 is 13.8 Å². The van der Waals surface area contributed by atoms with Crippen molar-refractivity contribution in [2.24, 2.45) is 0 Å². The van der Waals surface area contributed by atoms with Gasteiger partial charge in [0.25, 0.3) is 0 Å². The van der Waals surface area contributed by atoms with E-state index in [4.69, 9.17) is 14.9 Å². The van der Waals surface area contributed by atoms with Crippen LogP contribution in [0.25, 0.3) is 0 Å². The van der Waals surface area contributed by atoms with Gasteiger partial charge in [0.2, 0.25) is 0 Å². The van der Waals surface area contributed by atoms with E-state index < -0.39 is 19.9 Å². The fraction of sp³-hybridized carbons (Fsp3) is 0.667. The van der Waals surface area contributed by atoms with Gasteiger partial charge in [-0.15, -0.1) is 0 Å². The normalized spacial score (nSPS) is 11.1. The van der Waals surface area contributed by atoms with Crippen LogP contribution >= 0.6 is 7.82 Å². The number of aliphatic hydroxyl groups excluding tert-OH is 1. The van der Waals surface area contributed by atoms with Crippen molar-refractivity contribution in [2.75, 3.05) is 0 Å². The second-order valence-electron chi connectivity index (χ2n) is 1.58.